The highest BCUT2D eigenvalue weighted by molar-refractivity contribution is 6.45. The highest BCUT2D eigenvalue weighted by Crippen LogP contribution is 2.67. The zero-order valence-electron chi connectivity index (χ0n) is 20.2. The van der Waals surface area contributed by atoms with Crippen molar-refractivity contribution in [2.45, 2.75) is 65.7 Å². The average molecular weight is 525 g/mol. The summed E-state index contributed by atoms with van der Waals surface area (Å²) in [5.41, 5.74) is 2.91. The lowest BCUT2D eigenvalue weighted by atomic mass is 9.48. The van der Waals surface area contributed by atoms with Crippen LogP contribution in [0, 0.1) is 34.5 Å². The van der Waals surface area contributed by atoms with Crippen LogP contribution in [0.2, 0.25) is 15.2 Å². The number of aromatic nitrogens is 1. The van der Waals surface area contributed by atoms with Crippen LogP contribution in [0.15, 0.2) is 17.5 Å². The molecule has 0 bridgehead atoms. The van der Waals surface area contributed by atoms with E-state index in [0.29, 0.717) is 29.9 Å². The second kappa shape index (κ2) is 8.38. The van der Waals surface area contributed by atoms with Gasteiger partial charge in [-0.15, -0.1) is 0 Å². The first kappa shape index (κ1) is 24.4. The molecule has 1 saturated heterocycles. The highest BCUT2D eigenvalue weighted by Gasteiger charge is 2.61. The molecule has 1 aliphatic heterocycles. The minimum atomic E-state index is -0.105. The molecule has 3 fully saturated rings. The Kier molecular flexibility index (Phi) is 6.02. The van der Waals surface area contributed by atoms with E-state index >= 15 is 0 Å². The number of piperidine rings is 1. The van der Waals surface area contributed by atoms with Crippen molar-refractivity contribution in [2.75, 3.05) is 12.4 Å². The Bertz CT molecular complexity index is 1110. The molecule has 184 valence electrons. The third-order valence-electron chi connectivity index (χ3n) is 9.81. The van der Waals surface area contributed by atoms with Crippen LogP contribution in [0.3, 0.4) is 0 Å². The summed E-state index contributed by atoms with van der Waals surface area (Å²) in [6.07, 6.45) is 7.97. The molecular weight excluding hydrogens is 493 g/mol. The van der Waals surface area contributed by atoms with E-state index in [0.717, 1.165) is 38.5 Å². The van der Waals surface area contributed by atoms with E-state index in [1.54, 1.807) is 0 Å². The van der Waals surface area contributed by atoms with Crippen molar-refractivity contribution in [3.8, 4) is 0 Å². The SMILES string of the molecule is CC1=C2N(C)C(=O)CC[C@]2(C)[C@H]2CC[C@]3(C)[C@@H](C(=O)Nc4c(Cl)cnc(Cl)c4Cl)CC[C@H]3[C@@H]2C1. The number of allylic oxidation sites excluding steroid dienone is 2. The van der Waals surface area contributed by atoms with Gasteiger partial charge < -0.3 is 10.2 Å². The van der Waals surface area contributed by atoms with Gasteiger partial charge in [0, 0.05) is 36.7 Å². The van der Waals surface area contributed by atoms with Crippen LogP contribution < -0.4 is 5.32 Å². The number of pyridine rings is 1. The Morgan fingerprint density at radius 1 is 1.15 bits per heavy atom. The van der Waals surface area contributed by atoms with E-state index in [9.17, 15) is 9.59 Å². The van der Waals surface area contributed by atoms with Gasteiger partial charge in [-0.25, -0.2) is 4.98 Å². The molecule has 2 amide bonds. The quantitative estimate of drug-likeness (QED) is 0.425. The molecule has 3 aliphatic carbocycles. The summed E-state index contributed by atoms with van der Waals surface area (Å²) in [4.78, 5) is 31.9. The van der Waals surface area contributed by atoms with Crippen LogP contribution in [-0.4, -0.2) is 28.7 Å². The smallest absolute Gasteiger partial charge is 0.228 e. The molecule has 5 rings (SSSR count). The Balaban J connectivity index is 1.43. The van der Waals surface area contributed by atoms with E-state index in [-0.39, 0.29) is 43.8 Å². The van der Waals surface area contributed by atoms with Gasteiger partial charge in [0.1, 0.15) is 10.2 Å². The summed E-state index contributed by atoms with van der Waals surface area (Å²) >= 11 is 18.6. The van der Waals surface area contributed by atoms with Gasteiger partial charge >= 0.3 is 0 Å². The minimum Gasteiger partial charge on any atom is -0.323 e. The largest absolute Gasteiger partial charge is 0.323 e. The summed E-state index contributed by atoms with van der Waals surface area (Å²) in [5.74, 6) is 1.65. The number of nitrogens with zero attached hydrogens (tertiary/aromatic N) is 2. The summed E-state index contributed by atoms with van der Waals surface area (Å²) < 4.78 is 0. The average Bonchev–Trinajstić information content (AvgIpc) is 3.14. The van der Waals surface area contributed by atoms with Crippen LogP contribution in [0.5, 0.6) is 0 Å². The maximum Gasteiger partial charge on any atom is 0.228 e. The summed E-state index contributed by atoms with van der Waals surface area (Å²) in [5, 5.41) is 3.57. The molecule has 1 aromatic heterocycles. The van der Waals surface area contributed by atoms with Gasteiger partial charge in [0.25, 0.3) is 0 Å². The first-order valence-electron chi connectivity index (χ1n) is 12.3. The third-order valence-corrected chi connectivity index (χ3v) is 10.8. The molecule has 8 heteroatoms. The first-order chi connectivity index (χ1) is 16.0. The van der Waals surface area contributed by atoms with Gasteiger partial charge in [0.15, 0.2) is 0 Å². The molecule has 0 aromatic carbocycles. The van der Waals surface area contributed by atoms with E-state index in [1.165, 1.54) is 17.5 Å². The number of hydrogen-bond acceptors (Lipinski definition) is 3. The maximum absolute atomic E-state index is 13.5. The van der Waals surface area contributed by atoms with Crippen molar-refractivity contribution in [1.82, 2.24) is 9.88 Å². The van der Waals surface area contributed by atoms with E-state index in [1.807, 2.05) is 11.9 Å². The molecule has 5 nitrogen and oxygen atoms in total. The lowest BCUT2D eigenvalue weighted by Gasteiger charge is -2.59. The fourth-order valence-electron chi connectivity index (χ4n) is 8.31. The fourth-order valence-corrected chi connectivity index (χ4v) is 8.89. The Morgan fingerprint density at radius 3 is 2.62 bits per heavy atom. The molecule has 0 spiro atoms. The van der Waals surface area contributed by atoms with Crippen molar-refractivity contribution in [1.29, 1.82) is 0 Å². The van der Waals surface area contributed by atoms with Crippen molar-refractivity contribution >= 4 is 52.3 Å². The number of rotatable bonds is 2. The van der Waals surface area contributed by atoms with Crippen LogP contribution in [-0.2, 0) is 9.59 Å². The monoisotopic (exact) mass is 523 g/mol. The first-order valence-corrected chi connectivity index (χ1v) is 13.4. The summed E-state index contributed by atoms with van der Waals surface area (Å²) in [6.45, 7) is 6.90. The second-order valence-electron chi connectivity index (χ2n) is 11.3. The number of likely N-dealkylation sites (tertiary alicyclic amines) is 1. The topological polar surface area (TPSA) is 62.3 Å². The van der Waals surface area contributed by atoms with E-state index in [4.69, 9.17) is 34.8 Å². The fraction of sp³-hybridized carbons (Fsp3) is 0.654. The molecule has 34 heavy (non-hydrogen) atoms. The minimum absolute atomic E-state index is 0.0339. The lowest BCUT2D eigenvalue weighted by Crippen LogP contribution is -2.54. The molecule has 0 unspecified atom stereocenters. The zero-order chi connectivity index (χ0) is 24.6. The molecule has 2 heterocycles. The van der Waals surface area contributed by atoms with Gasteiger partial charge in [0.05, 0.1) is 10.7 Å². The molecule has 2 saturated carbocycles. The van der Waals surface area contributed by atoms with Crippen molar-refractivity contribution in [2.24, 2.45) is 34.5 Å². The molecule has 0 radical (unpaired) electrons. The molecule has 1 aromatic rings. The predicted molar refractivity (Wildman–Crippen MR) is 136 cm³/mol. The van der Waals surface area contributed by atoms with Crippen molar-refractivity contribution in [3.05, 3.63) is 32.7 Å². The predicted octanol–water partition coefficient (Wildman–Crippen LogP) is 6.98. The van der Waals surface area contributed by atoms with Gasteiger partial charge in [-0.3, -0.25) is 9.59 Å². The number of fused-ring (bicyclic) bond motifs is 5. The zero-order valence-corrected chi connectivity index (χ0v) is 22.4. The van der Waals surface area contributed by atoms with Crippen LogP contribution in [0.25, 0.3) is 0 Å². The summed E-state index contributed by atoms with van der Waals surface area (Å²) in [7, 11) is 1.95. The Labute approximate surface area is 216 Å². The van der Waals surface area contributed by atoms with Gasteiger partial charge in [-0.05, 0) is 68.6 Å². The standard InChI is InChI=1S/C26H32Cl3N3O2/c1-13-11-14-15-5-6-17(24(34)31-21-18(27)12-30-23(29)20(21)28)25(15,2)9-7-16(14)26(3)10-8-19(33)32(4)22(13)26/h12,14-17H,5-11H2,1-4H3,(H,30,31,34)/t14-,15-,16-,17+,25-,26+/m0/s1. The van der Waals surface area contributed by atoms with E-state index < -0.39 is 0 Å². The Morgan fingerprint density at radius 2 is 1.88 bits per heavy atom. The number of nitrogens with one attached hydrogen (secondary N) is 1. The second-order valence-corrected chi connectivity index (χ2v) is 12.5. The van der Waals surface area contributed by atoms with Gasteiger partial charge in [0.2, 0.25) is 11.8 Å². The number of carbonyl (C=O) groups excluding carboxylic acids is 2. The molecule has 6 atom stereocenters. The molecular formula is C26H32Cl3N3O2. The van der Waals surface area contributed by atoms with Gasteiger partial charge in [-0.2, -0.15) is 0 Å². The maximum atomic E-state index is 13.5. The molecule has 1 N–H and O–H groups in total. The molecule has 4 aliphatic rings. The number of halogens is 3. The van der Waals surface area contributed by atoms with Crippen molar-refractivity contribution < 1.29 is 9.59 Å². The Hall–Kier alpha value is -1.30. The lowest BCUT2D eigenvalue weighted by molar-refractivity contribution is -0.137. The van der Waals surface area contributed by atoms with Crippen LogP contribution >= 0.6 is 34.8 Å². The normalized spacial score (nSPS) is 37.3. The number of amides is 2. The summed E-state index contributed by atoms with van der Waals surface area (Å²) in [6, 6.07) is 0. The van der Waals surface area contributed by atoms with E-state index in [2.05, 4.69) is 31.1 Å². The van der Waals surface area contributed by atoms with Crippen LogP contribution in [0.1, 0.15) is 65.7 Å². The highest BCUT2D eigenvalue weighted by atomic mass is 35.5. The number of hydrogen-bond donors (Lipinski definition) is 1. The number of anilines is 1. The van der Waals surface area contributed by atoms with Crippen molar-refractivity contribution in [3.63, 3.8) is 0 Å². The van der Waals surface area contributed by atoms with Crippen LogP contribution in [0.4, 0.5) is 5.69 Å². The number of carbonyl (C=O) groups is 2. The van der Waals surface area contributed by atoms with Gasteiger partial charge in [-0.1, -0.05) is 54.2 Å². The third kappa shape index (κ3) is 3.44.